The molecule has 6 heteroatoms. The van der Waals surface area contributed by atoms with Crippen LogP contribution in [-0.4, -0.2) is 67.1 Å². The highest BCUT2D eigenvalue weighted by molar-refractivity contribution is 5.97. The van der Waals surface area contributed by atoms with Crippen LogP contribution in [0, 0.1) is 12.3 Å². The van der Waals surface area contributed by atoms with Gasteiger partial charge in [-0.2, -0.15) is 0 Å². The van der Waals surface area contributed by atoms with E-state index in [-0.39, 0.29) is 23.3 Å². The maximum atomic E-state index is 13.5. The molecule has 0 aliphatic carbocycles. The number of aryl methyl sites for hydroxylation is 1. The Hall–Kier alpha value is -2.86. The van der Waals surface area contributed by atoms with E-state index in [1.54, 1.807) is 0 Å². The summed E-state index contributed by atoms with van der Waals surface area (Å²) in [5.41, 5.74) is 2.44. The molecule has 2 saturated heterocycles. The zero-order valence-electron chi connectivity index (χ0n) is 21.4. The Labute approximate surface area is 214 Å². The average Bonchev–Trinajstić information content (AvgIpc) is 3.38. The Morgan fingerprint density at radius 1 is 0.944 bits per heavy atom. The molecule has 2 aromatic carbocycles. The number of hydrogen-bond donors (Lipinski definition) is 0. The zero-order chi connectivity index (χ0) is 25.0. The molecule has 5 rings (SSSR count). The molecule has 0 N–H and O–H groups in total. The molecule has 3 aliphatic heterocycles. The molecule has 1 spiro atoms. The van der Waals surface area contributed by atoms with E-state index in [1.165, 1.54) is 0 Å². The minimum absolute atomic E-state index is 0.0149. The van der Waals surface area contributed by atoms with Crippen molar-refractivity contribution in [2.45, 2.75) is 57.9 Å². The topological polar surface area (TPSA) is 59.1 Å². The Bertz CT molecular complexity index is 1080. The molecule has 36 heavy (non-hydrogen) atoms. The van der Waals surface area contributed by atoms with Gasteiger partial charge in [0.05, 0.1) is 24.8 Å². The second-order valence-corrected chi connectivity index (χ2v) is 10.7. The summed E-state index contributed by atoms with van der Waals surface area (Å²) < 4.78 is 12.5. The molecule has 6 nitrogen and oxygen atoms in total. The monoisotopic (exact) mass is 490 g/mol. The van der Waals surface area contributed by atoms with Crippen LogP contribution in [0.2, 0.25) is 0 Å². The van der Waals surface area contributed by atoms with E-state index in [2.05, 4.69) is 0 Å². The molecule has 3 aliphatic rings. The van der Waals surface area contributed by atoms with Gasteiger partial charge >= 0.3 is 0 Å². The molecule has 2 amide bonds. The number of carbonyl (C=O) groups is 2. The van der Waals surface area contributed by atoms with Crippen LogP contribution in [0.5, 0.6) is 5.75 Å². The molecule has 0 radical (unpaired) electrons. The SMILES string of the molecule is Cc1ccccc1C(=O)N1CCC2(CCCCOC[C@@H]3CCCN3C(=O)c3ccccc3OC2)CC1. The molecule has 0 aromatic heterocycles. The summed E-state index contributed by atoms with van der Waals surface area (Å²) in [5.74, 6) is 0.833. The fraction of sp³-hybridized carbons (Fsp3) is 0.533. The number of fused-ring (bicyclic) bond motifs is 2. The number of hydrogen-bond acceptors (Lipinski definition) is 4. The van der Waals surface area contributed by atoms with E-state index < -0.39 is 0 Å². The van der Waals surface area contributed by atoms with E-state index in [9.17, 15) is 9.59 Å². The van der Waals surface area contributed by atoms with Gasteiger partial charge in [-0.15, -0.1) is 0 Å². The lowest BCUT2D eigenvalue weighted by Gasteiger charge is -2.42. The first-order chi connectivity index (χ1) is 17.6. The van der Waals surface area contributed by atoms with Crippen LogP contribution in [0.3, 0.4) is 0 Å². The van der Waals surface area contributed by atoms with E-state index in [1.807, 2.05) is 65.3 Å². The summed E-state index contributed by atoms with van der Waals surface area (Å²) in [6.45, 7) is 6.12. The van der Waals surface area contributed by atoms with Gasteiger partial charge in [0, 0.05) is 37.2 Å². The predicted molar refractivity (Wildman–Crippen MR) is 139 cm³/mol. The smallest absolute Gasteiger partial charge is 0.257 e. The standard InChI is InChI=1S/C30H38N2O4/c1-23-9-2-3-11-25(23)28(33)31-18-15-30(16-19-31)14-6-7-20-35-21-24-10-8-17-32(24)29(34)26-12-4-5-13-27(26)36-22-30/h2-5,9,11-13,24H,6-8,10,14-22H2,1H3/t24-/m0/s1. The zero-order valence-corrected chi connectivity index (χ0v) is 21.4. The van der Waals surface area contributed by atoms with E-state index in [0.29, 0.717) is 24.5 Å². The maximum Gasteiger partial charge on any atom is 0.257 e. The normalized spacial score (nSPS) is 22.9. The van der Waals surface area contributed by atoms with Gasteiger partial charge in [0.2, 0.25) is 0 Å². The highest BCUT2D eigenvalue weighted by atomic mass is 16.5. The number of nitrogens with zero attached hydrogens (tertiary/aromatic N) is 2. The van der Waals surface area contributed by atoms with Gasteiger partial charge in [-0.25, -0.2) is 0 Å². The summed E-state index contributed by atoms with van der Waals surface area (Å²) in [4.78, 5) is 30.6. The van der Waals surface area contributed by atoms with Crippen LogP contribution >= 0.6 is 0 Å². The number of rotatable bonds is 1. The van der Waals surface area contributed by atoms with Crippen molar-refractivity contribution >= 4 is 11.8 Å². The molecule has 3 heterocycles. The first-order valence-electron chi connectivity index (χ1n) is 13.5. The first kappa shape index (κ1) is 24.8. The van der Waals surface area contributed by atoms with Crippen molar-refractivity contribution in [3.05, 3.63) is 65.2 Å². The quantitative estimate of drug-likeness (QED) is 0.558. The summed E-state index contributed by atoms with van der Waals surface area (Å²) in [5, 5.41) is 0. The molecule has 2 aromatic rings. The lowest BCUT2D eigenvalue weighted by molar-refractivity contribution is 0.0303. The minimum atomic E-state index is -0.0149. The number of piperidine rings is 1. The lowest BCUT2D eigenvalue weighted by atomic mass is 9.75. The maximum absolute atomic E-state index is 13.5. The van der Waals surface area contributed by atoms with Gasteiger partial charge in [0.15, 0.2) is 0 Å². The number of benzene rings is 2. The average molecular weight is 491 g/mol. The van der Waals surface area contributed by atoms with Crippen LogP contribution in [0.15, 0.2) is 48.5 Å². The van der Waals surface area contributed by atoms with Gasteiger partial charge in [0.1, 0.15) is 5.75 Å². The first-order valence-corrected chi connectivity index (χ1v) is 13.5. The Balaban J connectivity index is 1.32. The fourth-order valence-electron chi connectivity index (χ4n) is 5.99. The fourth-order valence-corrected chi connectivity index (χ4v) is 5.99. The van der Waals surface area contributed by atoms with Crippen molar-refractivity contribution in [1.29, 1.82) is 0 Å². The third-order valence-corrected chi connectivity index (χ3v) is 8.33. The molecule has 192 valence electrons. The van der Waals surface area contributed by atoms with Crippen molar-refractivity contribution in [2.24, 2.45) is 5.41 Å². The summed E-state index contributed by atoms with van der Waals surface area (Å²) in [7, 11) is 0. The van der Waals surface area contributed by atoms with Crippen LogP contribution in [-0.2, 0) is 4.74 Å². The second kappa shape index (κ2) is 11.0. The van der Waals surface area contributed by atoms with Crippen molar-refractivity contribution in [3.8, 4) is 5.75 Å². The molecular formula is C30H38N2O4. The van der Waals surface area contributed by atoms with Gasteiger partial charge < -0.3 is 19.3 Å². The predicted octanol–water partition coefficient (Wildman–Crippen LogP) is 5.10. The van der Waals surface area contributed by atoms with Crippen molar-refractivity contribution in [2.75, 3.05) is 39.5 Å². The summed E-state index contributed by atoms with van der Waals surface area (Å²) in [6.07, 6.45) is 6.92. The minimum Gasteiger partial charge on any atom is -0.492 e. The number of likely N-dealkylation sites (tertiary alicyclic amines) is 1. The van der Waals surface area contributed by atoms with E-state index in [0.717, 1.165) is 82.3 Å². The van der Waals surface area contributed by atoms with Crippen molar-refractivity contribution < 1.29 is 19.1 Å². The Morgan fingerprint density at radius 3 is 2.56 bits per heavy atom. The molecule has 0 unspecified atom stereocenters. The lowest BCUT2D eigenvalue weighted by Crippen LogP contribution is -2.46. The molecule has 0 saturated carbocycles. The van der Waals surface area contributed by atoms with Gasteiger partial charge in [0.25, 0.3) is 11.8 Å². The Kier molecular flexibility index (Phi) is 7.61. The van der Waals surface area contributed by atoms with Gasteiger partial charge in [-0.05, 0) is 69.2 Å². The Morgan fingerprint density at radius 2 is 1.72 bits per heavy atom. The third-order valence-electron chi connectivity index (χ3n) is 8.33. The van der Waals surface area contributed by atoms with Gasteiger partial charge in [-0.3, -0.25) is 9.59 Å². The van der Waals surface area contributed by atoms with Crippen molar-refractivity contribution in [1.82, 2.24) is 9.80 Å². The molecule has 2 fully saturated rings. The van der Waals surface area contributed by atoms with Crippen LogP contribution in [0.4, 0.5) is 0 Å². The second-order valence-electron chi connectivity index (χ2n) is 10.7. The summed E-state index contributed by atoms with van der Waals surface area (Å²) in [6, 6.07) is 15.6. The number of ether oxygens (including phenoxy) is 2. The number of carbonyl (C=O) groups excluding carboxylic acids is 2. The molecule has 0 bridgehead atoms. The number of para-hydroxylation sites is 1. The summed E-state index contributed by atoms with van der Waals surface area (Å²) >= 11 is 0. The van der Waals surface area contributed by atoms with Crippen LogP contribution < -0.4 is 4.74 Å². The van der Waals surface area contributed by atoms with E-state index in [4.69, 9.17) is 9.47 Å². The van der Waals surface area contributed by atoms with Gasteiger partial charge in [-0.1, -0.05) is 36.8 Å². The molecule has 1 atom stereocenters. The number of amides is 2. The molecular weight excluding hydrogens is 452 g/mol. The van der Waals surface area contributed by atoms with Crippen molar-refractivity contribution in [3.63, 3.8) is 0 Å². The highest BCUT2D eigenvalue weighted by Gasteiger charge is 2.38. The third kappa shape index (κ3) is 5.29. The van der Waals surface area contributed by atoms with Crippen LogP contribution in [0.25, 0.3) is 0 Å². The highest BCUT2D eigenvalue weighted by Crippen LogP contribution is 2.39. The largest absolute Gasteiger partial charge is 0.492 e. The van der Waals surface area contributed by atoms with Crippen LogP contribution in [0.1, 0.15) is 71.2 Å². The van der Waals surface area contributed by atoms with E-state index >= 15 is 0 Å².